The van der Waals surface area contributed by atoms with Crippen LogP contribution in [0.1, 0.15) is 5.82 Å². The average molecular weight is 250 g/mol. The lowest BCUT2D eigenvalue weighted by Gasteiger charge is -2.11. The summed E-state index contributed by atoms with van der Waals surface area (Å²) in [4.78, 5) is 12.1. The molecular weight excluding hydrogens is 236 g/mol. The number of rotatable bonds is 5. The molecule has 0 radical (unpaired) electrons. The maximum absolute atomic E-state index is 5.33. The molecule has 0 unspecified atom stereocenters. The van der Waals surface area contributed by atoms with E-state index in [0.717, 1.165) is 0 Å². The molecule has 0 aliphatic heterocycles. The van der Waals surface area contributed by atoms with Crippen LogP contribution >= 0.6 is 0 Å². The van der Waals surface area contributed by atoms with E-state index < -0.39 is 0 Å². The fraction of sp³-hybridized carbons (Fsp3) is 0.333. The Morgan fingerprint density at radius 1 is 1.33 bits per heavy atom. The van der Waals surface area contributed by atoms with Gasteiger partial charge in [-0.25, -0.2) is 20.8 Å². The smallest absolute Gasteiger partial charge is 0.205 e. The Labute approximate surface area is 103 Å². The molecule has 0 atom stereocenters. The molecule has 4 N–H and O–H groups in total. The Morgan fingerprint density at radius 2 is 2.11 bits per heavy atom. The van der Waals surface area contributed by atoms with Crippen LogP contribution < -0.4 is 21.3 Å². The van der Waals surface area contributed by atoms with Gasteiger partial charge in [-0.05, 0) is 0 Å². The van der Waals surface area contributed by atoms with Crippen molar-refractivity contribution in [2.45, 2.75) is 6.54 Å². The fourth-order valence-corrected chi connectivity index (χ4v) is 1.42. The van der Waals surface area contributed by atoms with E-state index in [-0.39, 0.29) is 0 Å². The van der Waals surface area contributed by atoms with E-state index in [2.05, 4.69) is 30.8 Å². The van der Waals surface area contributed by atoms with E-state index in [1.54, 1.807) is 18.1 Å². The minimum atomic E-state index is 0.406. The predicted octanol–water partition coefficient (Wildman–Crippen LogP) is -0.489. The summed E-state index contributed by atoms with van der Waals surface area (Å²) >= 11 is 0. The van der Waals surface area contributed by atoms with Crippen LogP contribution in [0, 0.1) is 0 Å². The van der Waals surface area contributed by atoms with Gasteiger partial charge in [0.25, 0.3) is 0 Å². The summed E-state index contributed by atoms with van der Waals surface area (Å²) in [5.74, 6) is 7.35. The number of nitrogens with two attached hydrogens (primary N) is 1. The Morgan fingerprint density at radius 3 is 2.72 bits per heavy atom. The number of nitrogen functional groups attached to an aromatic ring is 1. The van der Waals surface area contributed by atoms with E-state index in [1.807, 2.05) is 0 Å². The topological polar surface area (TPSA) is 116 Å². The zero-order chi connectivity index (χ0) is 13.0. The first-order valence-electron chi connectivity index (χ1n) is 5.18. The standard InChI is InChI=1S/C9H14N8O/c1-17-5-14-6(16-17)3-11-8-7(18-2)9(15-10)13-4-12-8/h4-5H,3,10H2,1-2H3,(H2,11,12,13,15). The van der Waals surface area contributed by atoms with Gasteiger partial charge in [0.1, 0.15) is 12.7 Å². The fourth-order valence-electron chi connectivity index (χ4n) is 1.42. The molecule has 0 bridgehead atoms. The summed E-state index contributed by atoms with van der Waals surface area (Å²) in [6.45, 7) is 0.429. The second-order valence-electron chi connectivity index (χ2n) is 3.44. The van der Waals surface area contributed by atoms with Crippen molar-refractivity contribution >= 4 is 11.6 Å². The van der Waals surface area contributed by atoms with Crippen LogP contribution in [0.5, 0.6) is 5.75 Å². The van der Waals surface area contributed by atoms with Crippen molar-refractivity contribution < 1.29 is 4.74 Å². The number of anilines is 2. The summed E-state index contributed by atoms with van der Waals surface area (Å²) in [5.41, 5.74) is 2.44. The quantitative estimate of drug-likeness (QED) is 0.481. The van der Waals surface area contributed by atoms with E-state index >= 15 is 0 Å². The maximum atomic E-state index is 5.33. The van der Waals surface area contributed by atoms with Crippen molar-refractivity contribution in [3.63, 3.8) is 0 Å². The highest BCUT2D eigenvalue weighted by Crippen LogP contribution is 2.28. The summed E-state index contributed by atoms with van der Waals surface area (Å²) in [6, 6.07) is 0. The summed E-state index contributed by atoms with van der Waals surface area (Å²) in [6.07, 6.45) is 3.01. The molecule has 0 saturated carbocycles. The lowest BCUT2D eigenvalue weighted by atomic mass is 10.4. The number of aryl methyl sites for hydroxylation is 1. The lowest BCUT2D eigenvalue weighted by Crippen LogP contribution is -2.12. The minimum absolute atomic E-state index is 0.406. The first-order chi connectivity index (χ1) is 8.74. The van der Waals surface area contributed by atoms with E-state index in [9.17, 15) is 0 Å². The predicted molar refractivity (Wildman–Crippen MR) is 64.7 cm³/mol. The zero-order valence-electron chi connectivity index (χ0n) is 10.1. The van der Waals surface area contributed by atoms with E-state index in [1.165, 1.54) is 13.4 Å². The number of hydrogen-bond donors (Lipinski definition) is 3. The second kappa shape index (κ2) is 5.27. The van der Waals surface area contributed by atoms with Gasteiger partial charge in [-0.2, -0.15) is 5.10 Å². The molecule has 2 heterocycles. The maximum Gasteiger partial charge on any atom is 0.205 e. The molecule has 9 heteroatoms. The Hall–Kier alpha value is -2.42. The number of ether oxygens (including phenoxy) is 1. The Balaban J connectivity index is 2.13. The average Bonchev–Trinajstić information content (AvgIpc) is 2.81. The highest BCUT2D eigenvalue weighted by molar-refractivity contribution is 5.62. The molecule has 18 heavy (non-hydrogen) atoms. The van der Waals surface area contributed by atoms with Crippen molar-refractivity contribution in [2.75, 3.05) is 17.9 Å². The van der Waals surface area contributed by atoms with E-state index in [4.69, 9.17) is 10.6 Å². The Bertz CT molecular complexity index is 525. The molecule has 96 valence electrons. The molecule has 2 aromatic rings. The molecule has 9 nitrogen and oxygen atoms in total. The molecule has 0 amide bonds. The van der Waals surface area contributed by atoms with Crippen LogP contribution in [-0.4, -0.2) is 31.8 Å². The molecule has 0 aromatic carbocycles. The monoisotopic (exact) mass is 250 g/mol. The Kier molecular flexibility index (Phi) is 3.53. The molecule has 0 aliphatic rings. The number of hydrazine groups is 1. The third kappa shape index (κ3) is 2.46. The summed E-state index contributed by atoms with van der Waals surface area (Å²) in [5, 5.41) is 7.20. The molecule has 2 aromatic heterocycles. The van der Waals surface area contributed by atoms with Crippen molar-refractivity contribution in [1.82, 2.24) is 24.7 Å². The van der Waals surface area contributed by atoms with Crippen molar-refractivity contribution in [3.8, 4) is 5.75 Å². The van der Waals surface area contributed by atoms with Crippen LogP contribution in [0.2, 0.25) is 0 Å². The number of hydrogen-bond acceptors (Lipinski definition) is 8. The lowest BCUT2D eigenvalue weighted by molar-refractivity contribution is 0.414. The van der Waals surface area contributed by atoms with Gasteiger partial charge in [0.05, 0.1) is 13.7 Å². The van der Waals surface area contributed by atoms with E-state index in [0.29, 0.717) is 29.8 Å². The van der Waals surface area contributed by atoms with Gasteiger partial charge < -0.3 is 15.5 Å². The first-order valence-corrected chi connectivity index (χ1v) is 5.18. The number of methoxy groups -OCH3 is 1. The third-order valence-corrected chi connectivity index (χ3v) is 2.21. The van der Waals surface area contributed by atoms with Gasteiger partial charge >= 0.3 is 0 Å². The number of aromatic nitrogens is 5. The second-order valence-corrected chi connectivity index (χ2v) is 3.44. The van der Waals surface area contributed by atoms with Crippen LogP contribution in [0.4, 0.5) is 11.6 Å². The molecule has 0 spiro atoms. The number of nitrogens with zero attached hydrogens (tertiary/aromatic N) is 5. The van der Waals surface area contributed by atoms with Gasteiger partial charge in [-0.15, -0.1) is 0 Å². The summed E-state index contributed by atoms with van der Waals surface area (Å²) in [7, 11) is 3.32. The number of nitrogens with one attached hydrogen (secondary N) is 2. The van der Waals surface area contributed by atoms with Gasteiger partial charge in [0, 0.05) is 7.05 Å². The third-order valence-electron chi connectivity index (χ3n) is 2.21. The SMILES string of the molecule is COc1c(NN)ncnc1NCc1ncn(C)n1. The minimum Gasteiger partial charge on any atom is -0.490 e. The molecule has 2 rings (SSSR count). The first kappa shape index (κ1) is 12.0. The highest BCUT2D eigenvalue weighted by atomic mass is 16.5. The highest BCUT2D eigenvalue weighted by Gasteiger charge is 2.11. The van der Waals surface area contributed by atoms with Gasteiger partial charge in [0.15, 0.2) is 17.5 Å². The van der Waals surface area contributed by atoms with Crippen LogP contribution in [0.15, 0.2) is 12.7 Å². The molecule has 0 fully saturated rings. The van der Waals surface area contributed by atoms with Crippen LogP contribution in [0.25, 0.3) is 0 Å². The van der Waals surface area contributed by atoms with Crippen molar-refractivity contribution in [1.29, 1.82) is 0 Å². The van der Waals surface area contributed by atoms with Crippen LogP contribution in [-0.2, 0) is 13.6 Å². The normalized spacial score (nSPS) is 10.2. The van der Waals surface area contributed by atoms with Gasteiger partial charge in [0.2, 0.25) is 5.75 Å². The molecule has 0 saturated heterocycles. The molecular formula is C9H14N8O. The molecule has 0 aliphatic carbocycles. The summed E-state index contributed by atoms with van der Waals surface area (Å²) < 4.78 is 6.81. The van der Waals surface area contributed by atoms with Gasteiger partial charge in [-0.1, -0.05) is 0 Å². The zero-order valence-corrected chi connectivity index (χ0v) is 10.1. The largest absolute Gasteiger partial charge is 0.490 e. The van der Waals surface area contributed by atoms with Gasteiger partial charge in [-0.3, -0.25) is 4.68 Å². The van der Waals surface area contributed by atoms with Crippen molar-refractivity contribution in [3.05, 3.63) is 18.5 Å². The van der Waals surface area contributed by atoms with Crippen molar-refractivity contribution in [2.24, 2.45) is 12.9 Å². The van der Waals surface area contributed by atoms with Crippen LogP contribution in [0.3, 0.4) is 0 Å².